The van der Waals surface area contributed by atoms with Crippen LogP contribution in [0.1, 0.15) is 41.0 Å². The van der Waals surface area contributed by atoms with Crippen molar-refractivity contribution in [1.82, 2.24) is 29.9 Å². The van der Waals surface area contributed by atoms with Crippen molar-refractivity contribution in [2.45, 2.75) is 44.4 Å². The number of fused-ring (bicyclic) bond motifs is 3. The predicted molar refractivity (Wildman–Crippen MR) is 118 cm³/mol. The predicted octanol–water partition coefficient (Wildman–Crippen LogP) is 4.14. The van der Waals surface area contributed by atoms with Gasteiger partial charge in [-0.15, -0.1) is 4.80 Å². The van der Waals surface area contributed by atoms with Crippen LogP contribution in [0.3, 0.4) is 0 Å². The maximum Gasteiger partial charge on any atom is 0.417 e. The van der Waals surface area contributed by atoms with E-state index in [1.54, 1.807) is 17.0 Å². The van der Waals surface area contributed by atoms with E-state index in [9.17, 15) is 18.0 Å². The summed E-state index contributed by atoms with van der Waals surface area (Å²) in [4.78, 5) is 25.2. The average Bonchev–Trinajstić information content (AvgIpc) is 3.34. The first-order chi connectivity index (χ1) is 16.2. The quantitative estimate of drug-likeness (QED) is 0.590. The fraction of sp³-hybridized carbons (Fsp3) is 0.409. The number of amides is 1. The number of hydrogen-bond acceptors (Lipinski definition) is 6. The van der Waals surface area contributed by atoms with Crippen molar-refractivity contribution in [2.75, 3.05) is 11.9 Å². The molecule has 1 N–H and O–H groups in total. The third kappa shape index (κ3) is 4.20. The molecular weight excluding hydrogens is 471 g/mol. The van der Waals surface area contributed by atoms with Crippen LogP contribution >= 0.6 is 11.6 Å². The van der Waals surface area contributed by atoms with Crippen molar-refractivity contribution >= 4 is 23.3 Å². The van der Waals surface area contributed by atoms with Crippen LogP contribution in [0.5, 0.6) is 0 Å². The zero-order valence-corrected chi connectivity index (χ0v) is 18.9. The lowest BCUT2D eigenvalue weighted by Crippen LogP contribution is -2.60. The van der Waals surface area contributed by atoms with Crippen molar-refractivity contribution in [3.63, 3.8) is 0 Å². The first kappa shape index (κ1) is 22.6. The summed E-state index contributed by atoms with van der Waals surface area (Å²) in [7, 11) is 0. The minimum atomic E-state index is -4.52. The molecule has 0 spiro atoms. The number of nitrogens with one attached hydrogen (secondary N) is 1. The molecule has 1 amide bonds. The van der Waals surface area contributed by atoms with E-state index in [-0.39, 0.29) is 40.4 Å². The summed E-state index contributed by atoms with van der Waals surface area (Å²) < 4.78 is 38.9. The first-order valence-electron chi connectivity index (χ1n) is 10.9. The van der Waals surface area contributed by atoms with Crippen molar-refractivity contribution in [3.8, 4) is 5.69 Å². The lowest BCUT2D eigenvalue weighted by molar-refractivity contribution is -0.137. The van der Waals surface area contributed by atoms with Crippen molar-refractivity contribution in [1.29, 1.82) is 0 Å². The molecule has 0 aromatic carbocycles. The van der Waals surface area contributed by atoms with Gasteiger partial charge in [-0.25, -0.2) is 9.97 Å². The Morgan fingerprint density at radius 2 is 1.97 bits per heavy atom. The van der Waals surface area contributed by atoms with Gasteiger partial charge in [0.2, 0.25) is 0 Å². The Kier molecular flexibility index (Phi) is 5.67. The molecule has 3 aromatic rings. The Morgan fingerprint density at radius 3 is 2.65 bits per heavy atom. The summed E-state index contributed by atoms with van der Waals surface area (Å²) in [5.74, 6) is 0.189. The first-order valence-corrected chi connectivity index (χ1v) is 11.2. The largest absolute Gasteiger partial charge is 0.417 e. The fourth-order valence-electron chi connectivity index (χ4n) is 4.80. The van der Waals surface area contributed by atoms with Crippen LogP contribution in [0, 0.1) is 12.8 Å². The summed E-state index contributed by atoms with van der Waals surface area (Å²) in [6.07, 6.45) is 1.78. The van der Waals surface area contributed by atoms with Crippen LogP contribution in [-0.4, -0.2) is 54.4 Å². The topological polar surface area (TPSA) is 88.8 Å². The van der Waals surface area contributed by atoms with Gasteiger partial charge in [-0.2, -0.15) is 23.4 Å². The lowest BCUT2D eigenvalue weighted by Gasteiger charge is -2.50. The third-order valence-electron chi connectivity index (χ3n) is 6.38. The van der Waals surface area contributed by atoms with Crippen LogP contribution in [0.2, 0.25) is 5.02 Å². The number of hydrogen-bond donors (Lipinski definition) is 1. The van der Waals surface area contributed by atoms with Gasteiger partial charge in [-0.05, 0) is 50.3 Å². The number of carbonyl (C=O) groups excluding carboxylic acids is 1. The molecule has 34 heavy (non-hydrogen) atoms. The average molecular weight is 492 g/mol. The molecule has 6 rings (SSSR count). The minimum absolute atomic E-state index is 0.110. The van der Waals surface area contributed by atoms with Crippen molar-refractivity contribution in [3.05, 3.63) is 58.8 Å². The Morgan fingerprint density at radius 1 is 1.21 bits per heavy atom. The fourth-order valence-corrected chi connectivity index (χ4v) is 5.02. The van der Waals surface area contributed by atoms with Crippen molar-refractivity contribution in [2.24, 2.45) is 5.92 Å². The molecule has 1 saturated carbocycles. The molecule has 2 saturated heterocycles. The molecule has 1 aliphatic carbocycles. The molecule has 3 aromatic heterocycles. The van der Waals surface area contributed by atoms with E-state index in [1.807, 2.05) is 6.92 Å². The molecule has 0 unspecified atom stereocenters. The summed E-state index contributed by atoms with van der Waals surface area (Å²) in [5, 5.41) is 11.4. The molecule has 2 aliphatic heterocycles. The van der Waals surface area contributed by atoms with Gasteiger partial charge in [0.25, 0.3) is 5.91 Å². The maximum atomic E-state index is 13.7. The summed E-state index contributed by atoms with van der Waals surface area (Å²) >= 11 is 6.11. The number of anilines is 1. The van der Waals surface area contributed by atoms with Gasteiger partial charge in [0.05, 0.1) is 29.0 Å². The number of pyridine rings is 2. The minimum Gasteiger partial charge on any atom is -0.364 e. The molecule has 3 aliphatic rings. The molecule has 178 valence electrons. The second-order valence-electron chi connectivity index (χ2n) is 8.65. The van der Waals surface area contributed by atoms with Crippen LogP contribution in [0.15, 0.2) is 36.8 Å². The number of piperidine rings is 2. The number of halogens is 4. The van der Waals surface area contributed by atoms with E-state index in [0.717, 1.165) is 31.5 Å². The highest BCUT2D eigenvalue weighted by Crippen LogP contribution is 2.39. The highest BCUT2D eigenvalue weighted by molar-refractivity contribution is 6.33. The van der Waals surface area contributed by atoms with E-state index >= 15 is 0 Å². The molecule has 8 nitrogen and oxygen atoms in total. The molecule has 0 radical (unpaired) electrons. The second-order valence-corrected chi connectivity index (χ2v) is 9.05. The summed E-state index contributed by atoms with van der Waals surface area (Å²) in [6.45, 7) is 2.39. The molecule has 3 atom stereocenters. The molecule has 3 fully saturated rings. The van der Waals surface area contributed by atoms with E-state index in [2.05, 4.69) is 25.5 Å². The summed E-state index contributed by atoms with van der Waals surface area (Å²) in [5.41, 5.74) is 0.527. The van der Waals surface area contributed by atoms with Crippen molar-refractivity contribution < 1.29 is 18.0 Å². The third-order valence-corrected chi connectivity index (χ3v) is 6.67. The van der Waals surface area contributed by atoms with Gasteiger partial charge in [-0.1, -0.05) is 11.6 Å². The highest BCUT2D eigenvalue weighted by atomic mass is 35.5. The number of aromatic nitrogens is 5. The molecule has 12 heteroatoms. The van der Waals surface area contributed by atoms with Crippen LogP contribution < -0.4 is 5.32 Å². The van der Waals surface area contributed by atoms with E-state index < -0.39 is 11.7 Å². The molecule has 2 bridgehead atoms. The van der Waals surface area contributed by atoms with E-state index in [4.69, 9.17) is 11.6 Å². The van der Waals surface area contributed by atoms with Gasteiger partial charge in [-0.3, -0.25) is 4.79 Å². The number of nitrogens with zero attached hydrogens (tertiary/aromatic N) is 6. The SMILES string of the molecule is Cc1ccc(-n2nccn2)c(C(=O)N2C[C@@H]3CC[C@H]2[C@H](Nc2ncc(C(F)(F)F)cc2Cl)C3)n1. The second kappa shape index (κ2) is 8.53. The van der Waals surface area contributed by atoms with Gasteiger partial charge in [0.15, 0.2) is 5.69 Å². The number of carbonyl (C=O) groups is 1. The van der Waals surface area contributed by atoms with E-state index in [1.165, 1.54) is 17.2 Å². The molecule has 5 heterocycles. The number of rotatable bonds is 4. The smallest absolute Gasteiger partial charge is 0.364 e. The molecular formula is C22H21ClF3N7O. The highest BCUT2D eigenvalue weighted by Gasteiger charge is 2.44. The monoisotopic (exact) mass is 491 g/mol. The number of alkyl halides is 3. The van der Waals surface area contributed by atoms with Gasteiger partial charge in [0, 0.05) is 24.5 Å². The van der Waals surface area contributed by atoms with Crippen LogP contribution in [0.4, 0.5) is 19.0 Å². The standard InChI is InChI=1S/C22H21ClF3N7O/c1-12-2-4-18(33-28-6-7-29-33)19(30-12)21(34)32-11-13-3-5-17(32)16(8-13)31-20-15(23)9-14(10-27-20)22(24,25)26/h2,4,6-7,9-10,13,16-17H,3,5,8,11H2,1H3,(H,27,31)/t13-,16-,17+/m1/s1. The zero-order chi connectivity index (χ0) is 24.0. The van der Waals surface area contributed by atoms with Crippen LogP contribution in [-0.2, 0) is 6.18 Å². The lowest BCUT2D eigenvalue weighted by atomic mass is 9.76. The zero-order valence-electron chi connectivity index (χ0n) is 18.1. The van der Waals surface area contributed by atoms with Gasteiger partial charge in [0.1, 0.15) is 11.5 Å². The Labute approximate surface area is 198 Å². The Hall–Kier alpha value is -3.21. The Balaban J connectivity index is 1.42. The Bertz CT molecular complexity index is 1220. The van der Waals surface area contributed by atoms with Gasteiger partial charge < -0.3 is 10.2 Å². The maximum absolute atomic E-state index is 13.7. The van der Waals surface area contributed by atoms with E-state index in [0.29, 0.717) is 17.9 Å². The summed E-state index contributed by atoms with van der Waals surface area (Å²) in [6, 6.07) is 4.04. The van der Waals surface area contributed by atoms with Gasteiger partial charge >= 0.3 is 6.18 Å². The van der Waals surface area contributed by atoms with Crippen LogP contribution in [0.25, 0.3) is 5.69 Å². The normalized spacial score (nSPS) is 22.1. The number of aryl methyl sites for hydroxylation is 1.